The molecule has 13 N–H and O–H groups in total. The summed E-state index contributed by atoms with van der Waals surface area (Å²) in [4.78, 5) is 62.4. The molecule has 4 atom stereocenters. The maximum absolute atomic E-state index is 12.4. The van der Waals surface area contributed by atoms with Gasteiger partial charge in [0, 0.05) is 13.0 Å². The first-order valence-corrected chi connectivity index (χ1v) is 9.72. The van der Waals surface area contributed by atoms with Crippen LogP contribution in [0.15, 0.2) is 4.99 Å². The van der Waals surface area contributed by atoms with Gasteiger partial charge < -0.3 is 49.1 Å². The number of amides is 4. The van der Waals surface area contributed by atoms with Crippen LogP contribution in [-0.2, 0) is 24.0 Å². The van der Waals surface area contributed by atoms with Crippen LogP contribution in [0.4, 0.5) is 0 Å². The van der Waals surface area contributed by atoms with Crippen molar-refractivity contribution < 1.29 is 34.2 Å². The van der Waals surface area contributed by atoms with Gasteiger partial charge in [-0.15, -0.1) is 0 Å². The molecule has 182 valence electrons. The topological polar surface area (TPSA) is 278 Å². The van der Waals surface area contributed by atoms with Gasteiger partial charge in [-0.2, -0.15) is 0 Å². The maximum Gasteiger partial charge on any atom is 0.328 e. The molecule has 0 aromatic carbocycles. The second-order valence-corrected chi connectivity index (χ2v) is 6.96. The number of rotatable bonds is 15. The first-order valence-electron chi connectivity index (χ1n) is 9.72. The Morgan fingerprint density at radius 3 is 2.12 bits per heavy atom. The highest BCUT2D eigenvalue weighted by Gasteiger charge is 2.27. The number of aliphatic hydroxyl groups is 1. The maximum atomic E-state index is 12.4. The highest BCUT2D eigenvalue weighted by Crippen LogP contribution is 2.01. The zero-order chi connectivity index (χ0) is 24.8. The van der Waals surface area contributed by atoms with Crippen LogP contribution < -0.4 is 38.9 Å². The average Bonchev–Trinajstić information content (AvgIpc) is 2.69. The van der Waals surface area contributed by atoms with E-state index in [0.29, 0.717) is 6.42 Å². The van der Waals surface area contributed by atoms with Crippen molar-refractivity contribution in [3.8, 4) is 0 Å². The van der Waals surface area contributed by atoms with Gasteiger partial charge in [0.2, 0.25) is 23.6 Å². The lowest BCUT2D eigenvalue weighted by atomic mass is 10.1. The highest BCUT2D eigenvalue weighted by atomic mass is 16.4. The van der Waals surface area contributed by atoms with Crippen molar-refractivity contribution in [3.63, 3.8) is 0 Å². The molecule has 0 rings (SSSR count). The zero-order valence-electron chi connectivity index (χ0n) is 17.7. The third-order valence-electron chi connectivity index (χ3n) is 4.10. The first kappa shape index (κ1) is 28.5. The molecule has 0 aromatic heterocycles. The van der Waals surface area contributed by atoms with E-state index in [1.54, 1.807) is 0 Å². The molecule has 0 saturated heterocycles. The molecule has 0 saturated carbocycles. The van der Waals surface area contributed by atoms with Crippen LogP contribution >= 0.6 is 0 Å². The Morgan fingerprint density at radius 2 is 1.62 bits per heavy atom. The fraction of sp³-hybridized carbons (Fsp3) is 0.647. The number of aliphatic imine (C=N–C) groups is 1. The van der Waals surface area contributed by atoms with Crippen molar-refractivity contribution in [1.29, 1.82) is 0 Å². The van der Waals surface area contributed by atoms with E-state index in [0.717, 1.165) is 0 Å². The number of aliphatic carboxylic acids is 1. The first-order chi connectivity index (χ1) is 14.8. The van der Waals surface area contributed by atoms with E-state index in [-0.39, 0.29) is 31.8 Å². The summed E-state index contributed by atoms with van der Waals surface area (Å²) in [6, 6.07) is -3.78. The number of guanidine groups is 1. The van der Waals surface area contributed by atoms with E-state index in [1.165, 1.54) is 6.92 Å². The number of nitrogens with two attached hydrogens (primary N) is 4. The minimum absolute atomic E-state index is 0.0987. The molecular formula is C17H32N8O7. The Kier molecular flexibility index (Phi) is 13.0. The summed E-state index contributed by atoms with van der Waals surface area (Å²) in [6.07, 6.45) is -1.14. The Bertz CT molecular complexity index is 709. The Morgan fingerprint density at radius 1 is 1.00 bits per heavy atom. The van der Waals surface area contributed by atoms with E-state index in [4.69, 9.17) is 28.0 Å². The molecule has 0 fully saturated rings. The van der Waals surface area contributed by atoms with E-state index < -0.39 is 60.4 Å². The van der Waals surface area contributed by atoms with E-state index >= 15 is 0 Å². The summed E-state index contributed by atoms with van der Waals surface area (Å²) in [5.74, 6) is -4.64. The molecule has 32 heavy (non-hydrogen) atoms. The van der Waals surface area contributed by atoms with Crippen molar-refractivity contribution in [3.05, 3.63) is 0 Å². The Labute approximate surface area is 184 Å². The highest BCUT2D eigenvalue weighted by molar-refractivity contribution is 5.93. The molecule has 0 aliphatic carbocycles. The summed E-state index contributed by atoms with van der Waals surface area (Å²) in [5, 5.41) is 25.0. The molecule has 0 bridgehead atoms. The normalized spacial score (nSPS) is 14.2. The number of aliphatic hydroxyl groups excluding tert-OH is 1. The van der Waals surface area contributed by atoms with Crippen molar-refractivity contribution in [2.75, 3.05) is 13.1 Å². The van der Waals surface area contributed by atoms with Crippen molar-refractivity contribution in [1.82, 2.24) is 16.0 Å². The quantitative estimate of drug-likeness (QED) is 0.0638. The lowest BCUT2D eigenvalue weighted by molar-refractivity contribution is -0.144. The lowest BCUT2D eigenvalue weighted by Gasteiger charge is -2.21. The summed E-state index contributed by atoms with van der Waals surface area (Å²) in [6.45, 7) is 0.796. The summed E-state index contributed by atoms with van der Waals surface area (Å²) in [5.41, 5.74) is 21.3. The Balaban J connectivity index is 4.87. The lowest BCUT2D eigenvalue weighted by Crippen LogP contribution is -2.54. The molecule has 15 heteroatoms. The molecule has 0 aliphatic heterocycles. The van der Waals surface area contributed by atoms with Crippen LogP contribution in [0.1, 0.15) is 32.6 Å². The van der Waals surface area contributed by atoms with Crippen LogP contribution in [0, 0.1) is 0 Å². The third kappa shape index (κ3) is 12.3. The third-order valence-corrected chi connectivity index (χ3v) is 4.10. The minimum Gasteiger partial charge on any atom is -0.480 e. The van der Waals surface area contributed by atoms with Crippen LogP contribution in [0.25, 0.3) is 0 Å². The van der Waals surface area contributed by atoms with E-state index in [1.807, 2.05) is 5.32 Å². The minimum atomic E-state index is -1.57. The predicted molar refractivity (Wildman–Crippen MR) is 113 cm³/mol. The number of carboxylic acid groups (broad SMARTS) is 1. The number of carbonyl (C=O) groups excluding carboxylic acids is 4. The molecule has 0 radical (unpaired) electrons. The van der Waals surface area contributed by atoms with Gasteiger partial charge in [-0.1, -0.05) is 0 Å². The molecule has 0 aliphatic rings. The van der Waals surface area contributed by atoms with Crippen LogP contribution in [0.2, 0.25) is 0 Å². The fourth-order valence-electron chi connectivity index (χ4n) is 2.39. The monoisotopic (exact) mass is 460 g/mol. The van der Waals surface area contributed by atoms with Gasteiger partial charge >= 0.3 is 5.97 Å². The van der Waals surface area contributed by atoms with Gasteiger partial charge in [-0.05, 0) is 26.2 Å². The van der Waals surface area contributed by atoms with E-state index in [9.17, 15) is 29.1 Å². The van der Waals surface area contributed by atoms with Gasteiger partial charge in [0.1, 0.15) is 6.04 Å². The second kappa shape index (κ2) is 14.5. The smallest absolute Gasteiger partial charge is 0.328 e. The molecule has 0 spiro atoms. The number of carboxylic acids is 1. The molecule has 15 nitrogen and oxygen atoms in total. The van der Waals surface area contributed by atoms with Crippen molar-refractivity contribution in [2.45, 2.75) is 56.8 Å². The van der Waals surface area contributed by atoms with Crippen LogP contribution in [-0.4, -0.2) is 83.1 Å². The number of primary amides is 1. The molecule has 4 amide bonds. The number of nitrogens with one attached hydrogen (secondary N) is 3. The zero-order valence-corrected chi connectivity index (χ0v) is 17.7. The molecule has 4 unspecified atom stereocenters. The van der Waals surface area contributed by atoms with E-state index in [2.05, 4.69) is 15.6 Å². The number of carbonyl (C=O) groups is 5. The summed E-state index contributed by atoms with van der Waals surface area (Å²) >= 11 is 0. The van der Waals surface area contributed by atoms with Crippen molar-refractivity contribution in [2.24, 2.45) is 27.9 Å². The predicted octanol–water partition coefficient (Wildman–Crippen LogP) is -4.82. The molecular weight excluding hydrogens is 428 g/mol. The van der Waals surface area contributed by atoms with Crippen molar-refractivity contribution >= 4 is 35.6 Å². The standard InChI is InChI=1S/C17H32N8O7/c1-8(26)13(16(31)32)25-12(28)7-23-15(30)10(4-5-11(19)27)24-14(29)9(18)3-2-6-22-17(20)21/h8-10,13,26H,2-7,18H2,1H3,(H2,19,27)(H,23,30)(H,24,29)(H,25,28)(H,31,32)(H4,20,21,22). The van der Waals surface area contributed by atoms with Crippen LogP contribution in [0.5, 0.6) is 0 Å². The summed E-state index contributed by atoms with van der Waals surface area (Å²) in [7, 11) is 0. The van der Waals surface area contributed by atoms with Gasteiger partial charge in [-0.3, -0.25) is 24.2 Å². The second-order valence-electron chi connectivity index (χ2n) is 6.96. The van der Waals surface area contributed by atoms with Gasteiger partial charge in [0.15, 0.2) is 12.0 Å². The van der Waals surface area contributed by atoms with Gasteiger partial charge in [0.05, 0.1) is 18.7 Å². The number of hydrogen-bond acceptors (Lipinski definition) is 8. The van der Waals surface area contributed by atoms with Gasteiger partial charge in [-0.25, -0.2) is 4.79 Å². The number of hydrogen-bond donors (Lipinski definition) is 9. The Hall–Kier alpha value is -3.46. The molecule has 0 heterocycles. The number of nitrogens with zero attached hydrogens (tertiary/aromatic N) is 1. The summed E-state index contributed by atoms with van der Waals surface area (Å²) < 4.78 is 0. The van der Waals surface area contributed by atoms with Gasteiger partial charge in [0.25, 0.3) is 0 Å². The average molecular weight is 460 g/mol. The van der Waals surface area contributed by atoms with Crippen LogP contribution in [0.3, 0.4) is 0 Å². The largest absolute Gasteiger partial charge is 0.480 e. The SMILES string of the molecule is CC(O)C(NC(=O)CNC(=O)C(CCC(N)=O)NC(=O)C(N)CCCN=C(N)N)C(=O)O. The fourth-order valence-corrected chi connectivity index (χ4v) is 2.39. The molecule has 0 aromatic rings.